The molecule has 220 valence electrons. The Morgan fingerprint density at radius 3 is 2.44 bits per heavy atom. The first kappa shape index (κ1) is 32.7. The van der Waals surface area contributed by atoms with E-state index in [9.17, 15) is 9.36 Å². The average Bonchev–Trinajstić information content (AvgIpc) is 3.24. The summed E-state index contributed by atoms with van der Waals surface area (Å²) >= 11 is 0. The van der Waals surface area contributed by atoms with Crippen molar-refractivity contribution in [3.63, 3.8) is 0 Å². The molecule has 0 aliphatic heterocycles. The van der Waals surface area contributed by atoms with Gasteiger partial charge < -0.3 is 24.4 Å². The second-order valence-electron chi connectivity index (χ2n) is 11.3. The van der Waals surface area contributed by atoms with E-state index < -0.39 is 25.1 Å². The van der Waals surface area contributed by atoms with Crippen molar-refractivity contribution in [2.24, 2.45) is 17.0 Å². The third-order valence-electron chi connectivity index (χ3n) is 5.69. The van der Waals surface area contributed by atoms with Gasteiger partial charge in [0.15, 0.2) is 11.5 Å². The fraction of sp³-hybridized carbons (Fsp3) is 0.731. The Balaban J connectivity index is 2.22. The van der Waals surface area contributed by atoms with Gasteiger partial charge in [0.1, 0.15) is 23.7 Å². The summed E-state index contributed by atoms with van der Waals surface area (Å²) in [5, 5.41) is 7.19. The van der Waals surface area contributed by atoms with Crippen molar-refractivity contribution in [3.05, 3.63) is 12.7 Å². The predicted octanol–water partition coefficient (Wildman–Crippen LogP) is 5.14. The highest BCUT2D eigenvalue weighted by atomic mass is 31.2. The third kappa shape index (κ3) is 10.5. The van der Waals surface area contributed by atoms with E-state index in [1.165, 1.54) is 6.33 Å². The minimum Gasteiger partial charge on any atom is -0.464 e. The fourth-order valence-electron chi connectivity index (χ4n) is 3.85. The number of rotatable bonds is 17. The lowest BCUT2D eigenvalue weighted by Crippen LogP contribution is -2.47. The molecule has 39 heavy (non-hydrogen) atoms. The van der Waals surface area contributed by atoms with Crippen LogP contribution in [0.25, 0.3) is 11.2 Å². The average molecular weight is 568 g/mol. The maximum atomic E-state index is 14.1. The second-order valence-corrected chi connectivity index (χ2v) is 13.3. The summed E-state index contributed by atoms with van der Waals surface area (Å²) in [7, 11) is -3.81. The molecule has 0 saturated heterocycles. The molecule has 2 rings (SSSR count). The smallest absolute Gasteiger partial charge is 0.365 e. The Hall–Kier alpha value is -2.56. The Morgan fingerprint density at radius 1 is 1.15 bits per heavy atom. The number of nitrogens with one attached hydrogen (secondary N) is 1. The summed E-state index contributed by atoms with van der Waals surface area (Å²) in [6, 6.07) is 0. The van der Waals surface area contributed by atoms with E-state index >= 15 is 0 Å². The van der Waals surface area contributed by atoms with Crippen LogP contribution in [0.15, 0.2) is 17.8 Å². The van der Waals surface area contributed by atoms with Crippen molar-refractivity contribution in [1.82, 2.24) is 24.6 Å². The van der Waals surface area contributed by atoms with Gasteiger partial charge in [-0.25, -0.2) is 20.0 Å². The number of ether oxygens (including phenoxy) is 2. The van der Waals surface area contributed by atoms with E-state index in [4.69, 9.17) is 19.8 Å². The molecule has 13 heteroatoms. The SMILES string of the molecule is CCCCOC(=O)C(C)(C)NP(=O)(CO[C@H](C)Cn1cnc2c(N)ncnc21)ON=C(CC(C)C)CC(C)C. The molecular formula is C26H46N7O5P. The highest BCUT2D eigenvalue weighted by Crippen LogP contribution is 2.46. The number of hydrogen-bond donors (Lipinski definition) is 2. The zero-order valence-corrected chi connectivity index (χ0v) is 25.5. The molecule has 0 spiro atoms. The number of unbranched alkanes of at least 4 members (excludes halogenated alkanes) is 1. The Labute approximate surface area is 232 Å². The first-order chi connectivity index (χ1) is 18.3. The molecule has 0 aliphatic rings. The van der Waals surface area contributed by atoms with Crippen LogP contribution in [0.2, 0.25) is 0 Å². The summed E-state index contributed by atoms with van der Waals surface area (Å²) in [4.78, 5) is 25.3. The Morgan fingerprint density at radius 2 is 1.82 bits per heavy atom. The van der Waals surface area contributed by atoms with Gasteiger partial charge in [-0.05, 0) is 51.9 Å². The molecular weight excluding hydrogens is 521 g/mol. The van der Waals surface area contributed by atoms with Gasteiger partial charge in [-0.3, -0.25) is 9.36 Å². The van der Waals surface area contributed by atoms with Crippen molar-refractivity contribution in [2.75, 3.05) is 18.7 Å². The molecule has 0 bridgehead atoms. The number of nitrogen functional groups attached to an aromatic ring is 1. The number of esters is 1. The molecule has 0 radical (unpaired) electrons. The van der Waals surface area contributed by atoms with Crippen LogP contribution < -0.4 is 10.8 Å². The van der Waals surface area contributed by atoms with Gasteiger partial charge in [0.25, 0.3) is 0 Å². The van der Waals surface area contributed by atoms with E-state index in [2.05, 4.69) is 52.9 Å². The van der Waals surface area contributed by atoms with E-state index in [0.717, 1.165) is 18.6 Å². The first-order valence-electron chi connectivity index (χ1n) is 13.6. The number of oxime groups is 1. The molecule has 2 heterocycles. The van der Waals surface area contributed by atoms with E-state index in [0.29, 0.717) is 48.2 Å². The van der Waals surface area contributed by atoms with Crippen LogP contribution in [0, 0.1) is 11.8 Å². The molecule has 0 fully saturated rings. The lowest BCUT2D eigenvalue weighted by atomic mass is 9.99. The second kappa shape index (κ2) is 14.7. The molecule has 1 unspecified atom stereocenters. The number of aromatic nitrogens is 4. The minimum atomic E-state index is -3.81. The Kier molecular flexibility index (Phi) is 12.3. The number of imidazole rings is 1. The van der Waals surface area contributed by atoms with Gasteiger partial charge in [-0.15, -0.1) is 0 Å². The molecule has 3 N–H and O–H groups in total. The highest BCUT2D eigenvalue weighted by Gasteiger charge is 2.40. The molecule has 12 nitrogen and oxygen atoms in total. The van der Waals surface area contributed by atoms with Gasteiger partial charge in [-0.1, -0.05) is 46.2 Å². The summed E-state index contributed by atoms with van der Waals surface area (Å²) in [6.45, 7) is 16.1. The molecule has 0 amide bonds. The predicted molar refractivity (Wildman–Crippen MR) is 153 cm³/mol. The summed E-state index contributed by atoms with van der Waals surface area (Å²) in [5.41, 5.74) is 6.47. The Bertz CT molecular complexity index is 1140. The lowest BCUT2D eigenvalue weighted by Gasteiger charge is -2.29. The lowest BCUT2D eigenvalue weighted by molar-refractivity contribution is -0.149. The maximum absolute atomic E-state index is 14.1. The van der Waals surface area contributed by atoms with Crippen molar-refractivity contribution < 1.29 is 23.5 Å². The molecule has 2 aromatic heterocycles. The normalized spacial score (nSPS) is 14.4. The number of carbonyl (C=O) groups is 1. The van der Waals surface area contributed by atoms with Gasteiger partial charge in [-0.2, -0.15) is 0 Å². The van der Waals surface area contributed by atoms with Crippen LogP contribution >= 0.6 is 7.52 Å². The molecule has 2 aromatic rings. The number of anilines is 1. The molecule has 2 atom stereocenters. The summed E-state index contributed by atoms with van der Waals surface area (Å²) in [6.07, 6.45) is 5.30. The topological polar surface area (TPSA) is 156 Å². The quantitative estimate of drug-likeness (QED) is 0.0862. The fourth-order valence-corrected chi connectivity index (χ4v) is 5.64. The zero-order chi connectivity index (χ0) is 29.2. The minimum absolute atomic E-state index is 0.289. The van der Waals surface area contributed by atoms with Crippen molar-refractivity contribution in [3.8, 4) is 0 Å². The summed E-state index contributed by atoms with van der Waals surface area (Å²) in [5.74, 6) is 0.465. The van der Waals surface area contributed by atoms with E-state index in [-0.39, 0.29) is 13.0 Å². The first-order valence-corrected chi connectivity index (χ1v) is 15.4. The van der Waals surface area contributed by atoms with Crippen LogP contribution in [-0.4, -0.2) is 55.8 Å². The van der Waals surface area contributed by atoms with E-state index in [1.807, 2.05) is 13.8 Å². The number of hydrogen-bond acceptors (Lipinski definition) is 10. The van der Waals surface area contributed by atoms with Crippen molar-refractivity contribution in [2.45, 2.75) is 99.3 Å². The van der Waals surface area contributed by atoms with Crippen LogP contribution in [0.1, 0.15) is 81.1 Å². The molecule has 0 aromatic carbocycles. The molecule has 0 aliphatic carbocycles. The van der Waals surface area contributed by atoms with Gasteiger partial charge in [0.2, 0.25) is 0 Å². The van der Waals surface area contributed by atoms with Crippen LogP contribution in [0.3, 0.4) is 0 Å². The zero-order valence-electron chi connectivity index (χ0n) is 24.6. The number of carbonyl (C=O) groups excluding carboxylic acids is 1. The number of nitrogens with zero attached hydrogens (tertiary/aromatic N) is 5. The van der Waals surface area contributed by atoms with Gasteiger partial charge in [0.05, 0.1) is 31.3 Å². The van der Waals surface area contributed by atoms with Crippen LogP contribution in [-0.2, 0) is 30.0 Å². The van der Waals surface area contributed by atoms with Gasteiger partial charge in [0, 0.05) is 0 Å². The summed E-state index contributed by atoms with van der Waals surface area (Å²) < 4.78 is 32.9. The number of fused-ring (bicyclic) bond motifs is 1. The van der Waals surface area contributed by atoms with Gasteiger partial charge >= 0.3 is 13.5 Å². The van der Waals surface area contributed by atoms with E-state index in [1.54, 1.807) is 24.7 Å². The van der Waals surface area contributed by atoms with Crippen molar-refractivity contribution >= 4 is 36.2 Å². The largest absolute Gasteiger partial charge is 0.464 e. The highest BCUT2D eigenvalue weighted by molar-refractivity contribution is 7.56. The van der Waals surface area contributed by atoms with Crippen LogP contribution in [0.5, 0.6) is 0 Å². The standard InChI is InChI=1S/C26H46N7O5P/c1-9-10-11-36-25(34)26(7,8)32-39(35,38-31-21(12-18(2)3)13-19(4)5)17-37-20(6)14-33-16-30-22-23(27)28-15-29-24(22)33/h15-16,18-20H,9-14,17H2,1-8H3,(H,32,35)(H2,27,28,29)/t20-,39?/m1/s1. The molecule has 0 saturated carbocycles. The van der Waals surface area contributed by atoms with Crippen LogP contribution in [0.4, 0.5) is 5.82 Å². The monoisotopic (exact) mass is 567 g/mol. The third-order valence-corrected chi connectivity index (χ3v) is 7.43. The van der Waals surface area contributed by atoms with Crippen molar-refractivity contribution in [1.29, 1.82) is 0 Å². The number of nitrogens with two attached hydrogens (primary N) is 1. The maximum Gasteiger partial charge on any atom is 0.365 e.